The highest BCUT2D eigenvalue weighted by atomic mass is 16.2. The number of likely N-dealkylation sites (tertiary alicyclic amines) is 1. The van der Waals surface area contributed by atoms with Gasteiger partial charge in [-0.25, -0.2) is 0 Å². The monoisotopic (exact) mass is 555 g/mol. The van der Waals surface area contributed by atoms with Crippen molar-refractivity contribution in [2.45, 2.75) is 69.9 Å². The Morgan fingerprint density at radius 1 is 1.07 bits per heavy atom. The Labute approximate surface area is 241 Å². The second kappa shape index (κ2) is 10.3. The molecular formula is C33H41N5O3. The zero-order valence-corrected chi connectivity index (χ0v) is 24.3. The van der Waals surface area contributed by atoms with Gasteiger partial charge >= 0.3 is 0 Å². The highest BCUT2D eigenvalue weighted by molar-refractivity contribution is 6.08. The summed E-state index contributed by atoms with van der Waals surface area (Å²) in [5.74, 6) is -0.817. The largest absolute Gasteiger partial charge is 0.369 e. The van der Waals surface area contributed by atoms with Crippen molar-refractivity contribution in [3.05, 3.63) is 65.9 Å². The van der Waals surface area contributed by atoms with Crippen LogP contribution in [0.5, 0.6) is 0 Å². The Morgan fingerprint density at radius 2 is 1.78 bits per heavy atom. The fourth-order valence-electron chi connectivity index (χ4n) is 7.74. The number of benzene rings is 2. The van der Waals surface area contributed by atoms with Gasteiger partial charge in [0.2, 0.25) is 17.7 Å². The van der Waals surface area contributed by atoms with Gasteiger partial charge in [-0.05, 0) is 82.7 Å². The number of nitrogens with zero attached hydrogens (tertiary/aromatic N) is 2. The van der Waals surface area contributed by atoms with Crippen LogP contribution < -0.4 is 16.0 Å². The van der Waals surface area contributed by atoms with Crippen molar-refractivity contribution in [2.24, 2.45) is 17.1 Å². The lowest BCUT2D eigenvalue weighted by atomic mass is 9.69. The van der Waals surface area contributed by atoms with Crippen molar-refractivity contribution >= 4 is 34.3 Å². The van der Waals surface area contributed by atoms with E-state index >= 15 is 0 Å². The lowest BCUT2D eigenvalue weighted by Gasteiger charge is -2.41. The molecule has 2 fully saturated rings. The maximum Gasteiger partial charge on any atom is 0.237 e. The summed E-state index contributed by atoms with van der Waals surface area (Å²) in [7, 11) is 1.90. The Bertz CT molecular complexity index is 1490. The highest BCUT2D eigenvalue weighted by Crippen LogP contribution is 2.48. The van der Waals surface area contributed by atoms with Gasteiger partial charge in [-0.15, -0.1) is 0 Å². The molecule has 8 heteroatoms. The molecule has 2 aromatic carbocycles. The summed E-state index contributed by atoms with van der Waals surface area (Å²) in [6, 6.07) is 16.3. The predicted octanol–water partition coefficient (Wildman–Crippen LogP) is 3.89. The Balaban J connectivity index is 1.26. The van der Waals surface area contributed by atoms with Gasteiger partial charge in [0, 0.05) is 48.0 Å². The third-order valence-electron chi connectivity index (χ3n) is 10.2. The van der Waals surface area contributed by atoms with Crippen LogP contribution in [0, 0.1) is 11.3 Å². The van der Waals surface area contributed by atoms with E-state index < -0.39 is 16.7 Å². The van der Waals surface area contributed by atoms with Crippen molar-refractivity contribution in [2.75, 3.05) is 25.0 Å². The molecule has 41 heavy (non-hydrogen) atoms. The second-order valence-electron chi connectivity index (χ2n) is 12.7. The first-order valence-corrected chi connectivity index (χ1v) is 14.9. The fourth-order valence-corrected chi connectivity index (χ4v) is 7.74. The molecule has 1 saturated carbocycles. The molecule has 3 heterocycles. The molecule has 0 bridgehead atoms. The van der Waals surface area contributed by atoms with E-state index in [0.717, 1.165) is 34.1 Å². The summed E-state index contributed by atoms with van der Waals surface area (Å²) in [6.45, 7) is 5.08. The number of rotatable bonds is 7. The quantitative estimate of drug-likeness (QED) is 0.411. The number of carbonyl (C=O) groups is 3. The molecule has 6 rings (SSSR count). The third kappa shape index (κ3) is 4.43. The summed E-state index contributed by atoms with van der Waals surface area (Å²) in [5, 5.41) is 4.38. The number of fused-ring (bicyclic) bond motifs is 2. The maximum atomic E-state index is 14.5. The van der Waals surface area contributed by atoms with Crippen LogP contribution in [0.2, 0.25) is 0 Å². The van der Waals surface area contributed by atoms with Gasteiger partial charge in [-0.2, -0.15) is 0 Å². The van der Waals surface area contributed by atoms with E-state index in [1.165, 1.54) is 0 Å². The summed E-state index contributed by atoms with van der Waals surface area (Å²) >= 11 is 0. The molecule has 1 aromatic heterocycles. The first kappa shape index (κ1) is 27.5. The molecule has 3 amide bonds. The van der Waals surface area contributed by atoms with E-state index in [1.54, 1.807) is 0 Å². The normalized spacial score (nSPS) is 25.0. The van der Waals surface area contributed by atoms with Crippen LogP contribution in [-0.2, 0) is 26.2 Å². The molecule has 2 aliphatic heterocycles. The van der Waals surface area contributed by atoms with Gasteiger partial charge < -0.3 is 25.8 Å². The molecule has 2 unspecified atom stereocenters. The van der Waals surface area contributed by atoms with E-state index in [4.69, 9.17) is 5.73 Å². The van der Waals surface area contributed by atoms with Crippen LogP contribution in [0.25, 0.3) is 10.9 Å². The summed E-state index contributed by atoms with van der Waals surface area (Å²) in [4.78, 5) is 48.4. The van der Waals surface area contributed by atoms with Crippen LogP contribution in [0.4, 0.5) is 5.69 Å². The van der Waals surface area contributed by atoms with E-state index in [9.17, 15) is 14.4 Å². The number of amides is 3. The number of H-pyrrole nitrogens is 1. The van der Waals surface area contributed by atoms with Crippen LogP contribution in [-0.4, -0.2) is 59.8 Å². The number of aromatic amines is 1. The zero-order valence-electron chi connectivity index (χ0n) is 24.3. The highest BCUT2D eigenvalue weighted by Gasteiger charge is 2.54. The minimum atomic E-state index is -0.909. The summed E-state index contributed by atoms with van der Waals surface area (Å²) in [5.41, 5.74) is 8.78. The smallest absolute Gasteiger partial charge is 0.237 e. The van der Waals surface area contributed by atoms with Gasteiger partial charge in [0.1, 0.15) is 0 Å². The minimum absolute atomic E-state index is 0.00207. The van der Waals surface area contributed by atoms with Crippen molar-refractivity contribution in [3.63, 3.8) is 0 Å². The van der Waals surface area contributed by atoms with Gasteiger partial charge in [0.05, 0.1) is 16.7 Å². The number of hydrogen-bond acceptors (Lipinski definition) is 4. The van der Waals surface area contributed by atoms with E-state index in [2.05, 4.69) is 16.4 Å². The van der Waals surface area contributed by atoms with Crippen LogP contribution in [0.1, 0.15) is 57.1 Å². The predicted molar refractivity (Wildman–Crippen MR) is 160 cm³/mol. The Kier molecular flexibility index (Phi) is 6.92. The molecule has 0 spiro atoms. The number of nitrogens with one attached hydrogen (secondary N) is 2. The number of para-hydroxylation sites is 2. The Morgan fingerprint density at radius 3 is 2.49 bits per heavy atom. The first-order chi connectivity index (χ1) is 19.7. The number of nitrogens with two attached hydrogens (primary N) is 1. The average molecular weight is 556 g/mol. The lowest BCUT2D eigenvalue weighted by molar-refractivity contribution is -0.148. The molecule has 8 nitrogen and oxygen atoms in total. The van der Waals surface area contributed by atoms with Crippen molar-refractivity contribution in [3.8, 4) is 0 Å². The van der Waals surface area contributed by atoms with Crippen molar-refractivity contribution in [1.82, 2.24) is 15.2 Å². The molecule has 216 valence electrons. The van der Waals surface area contributed by atoms with Gasteiger partial charge in [-0.3, -0.25) is 14.4 Å². The molecule has 4 N–H and O–H groups in total. The minimum Gasteiger partial charge on any atom is -0.369 e. The van der Waals surface area contributed by atoms with Crippen molar-refractivity contribution in [1.29, 1.82) is 0 Å². The fraction of sp³-hybridized carbons (Fsp3) is 0.485. The lowest BCUT2D eigenvalue weighted by Crippen LogP contribution is -2.54. The number of hydrogen-bond donors (Lipinski definition) is 3. The second-order valence-corrected chi connectivity index (χ2v) is 12.7. The number of carbonyl (C=O) groups excluding carboxylic acids is 3. The Hall–Kier alpha value is -3.65. The molecule has 0 radical (unpaired) electrons. The number of anilines is 1. The van der Waals surface area contributed by atoms with Crippen LogP contribution in [0.15, 0.2) is 54.7 Å². The van der Waals surface area contributed by atoms with Crippen molar-refractivity contribution < 1.29 is 14.4 Å². The molecule has 3 aliphatic rings. The standard InChI is InChI=1S/C33H41N5O3/c1-32(2)25-9-5-7-11-28(25)38(31(32)41)23-13-16-37(17-14-23)29(39)26(33(30(34)40)15-12-22(19-33)35-3)18-21-20-36-27-10-6-4-8-24(21)27/h4-11,20,22-23,26,35-36H,12-19H2,1-3H3,(H2,34,40)/t22?,26-,33?/m1/s1. The summed E-state index contributed by atoms with van der Waals surface area (Å²) in [6.07, 6.45) is 5.78. The molecule has 3 aromatic rings. The average Bonchev–Trinajstić information content (AvgIpc) is 3.66. The number of piperidine rings is 1. The number of aromatic nitrogens is 1. The van der Waals surface area contributed by atoms with E-state index in [0.29, 0.717) is 45.2 Å². The molecular weight excluding hydrogens is 514 g/mol. The van der Waals surface area contributed by atoms with E-state index in [-0.39, 0.29) is 29.8 Å². The van der Waals surface area contributed by atoms with Gasteiger partial charge in [0.25, 0.3) is 0 Å². The molecule has 3 atom stereocenters. The SMILES string of the molecule is CNC1CCC(C(N)=O)([C@H](Cc2c[nH]c3ccccc23)C(=O)N2CCC(N3C(=O)C(C)(C)c4ccccc43)CC2)C1. The maximum absolute atomic E-state index is 14.5. The first-order valence-electron chi connectivity index (χ1n) is 14.9. The molecule has 1 aliphatic carbocycles. The van der Waals surface area contributed by atoms with Gasteiger partial charge in [-0.1, -0.05) is 36.4 Å². The number of primary amides is 1. The third-order valence-corrected chi connectivity index (χ3v) is 10.2. The summed E-state index contributed by atoms with van der Waals surface area (Å²) < 4.78 is 0. The van der Waals surface area contributed by atoms with Gasteiger partial charge in [0.15, 0.2) is 0 Å². The topological polar surface area (TPSA) is 112 Å². The van der Waals surface area contributed by atoms with Crippen LogP contribution in [0.3, 0.4) is 0 Å². The van der Waals surface area contributed by atoms with Crippen LogP contribution >= 0.6 is 0 Å². The zero-order chi connectivity index (χ0) is 28.9. The molecule has 1 saturated heterocycles. The van der Waals surface area contributed by atoms with E-state index in [1.807, 2.05) is 79.4 Å².